The molecule has 1 aromatic carbocycles. The first-order chi connectivity index (χ1) is 13.0. The zero-order chi connectivity index (χ0) is 19.4. The van der Waals surface area contributed by atoms with Crippen molar-refractivity contribution in [2.24, 2.45) is 0 Å². The molecular formula is C20H22N2O4S. The third kappa shape index (κ3) is 4.19. The van der Waals surface area contributed by atoms with Crippen LogP contribution >= 0.6 is 11.3 Å². The highest BCUT2D eigenvalue weighted by Gasteiger charge is 2.33. The van der Waals surface area contributed by atoms with Crippen LogP contribution in [0.15, 0.2) is 35.7 Å². The van der Waals surface area contributed by atoms with E-state index in [0.29, 0.717) is 29.1 Å². The lowest BCUT2D eigenvalue weighted by molar-refractivity contribution is -0.121. The highest BCUT2D eigenvalue weighted by Crippen LogP contribution is 2.24. The molecule has 6 nitrogen and oxygen atoms in total. The van der Waals surface area contributed by atoms with Gasteiger partial charge in [-0.25, -0.2) is 4.79 Å². The van der Waals surface area contributed by atoms with E-state index in [0.717, 1.165) is 18.4 Å². The van der Waals surface area contributed by atoms with Crippen LogP contribution in [0.5, 0.6) is 0 Å². The topological polar surface area (TPSA) is 75.7 Å². The number of carbonyl (C=O) groups excluding carboxylic acids is 3. The Hall–Kier alpha value is -2.67. The molecule has 1 atom stereocenters. The normalized spacial score (nSPS) is 16.7. The number of benzene rings is 1. The molecule has 2 aromatic rings. The van der Waals surface area contributed by atoms with E-state index >= 15 is 0 Å². The zero-order valence-corrected chi connectivity index (χ0v) is 16.2. The van der Waals surface area contributed by atoms with Crippen molar-refractivity contribution in [3.8, 4) is 0 Å². The monoisotopic (exact) mass is 386 g/mol. The van der Waals surface area contributed by atoms with Gasteiger partial charge in [0, 0.05) is 12.2 Å². The maximum atomic E-state index is 12.9. The van der Waals surface area contributed by atoms with Crippen LogP contribution in [0.3, 0.4) is 0 Å². The first-order valence-electron chi connectivity index (χ1n) is 8.85. The second kappa shape index (κ2) is 8.35. The standard InChI is InChI=1S/C20H22N2O4S/c1-13-8-9-14(20(25)26-2)12-15(13)21-18(23)16-6-3-4-10-22(16)19(24)17-7-5-11-27-17/h5,7-9,11-12,16H,3-4,6,10H2,1-2H3,(H,21,23)/t16-/m0/s1. The van der Waals surface area contributed by atoms with Crippen molar-refractivity contribution in [2.45, 2.75) is 32.2 Å². The predicted octanol–water partition coefficient (Wildman–Crippen LogP) is 3.48. The number of rotatable bonds is 4. The Morgan fingerprint density at radius 2 is 2.04 bits per heavy atom. The average molecular weight is 386 g/mol. The number of carbonyl (C=O) groups is 3. The molecule has 1 N–H and O–H groups in total. The molecule has 3 rings (SSSR count). The van der Waals surface area contributed by atoms with Crippen molar-refractivity contribution in [3.63, 3.8) is 0 Å². The Kier molecular flexibility index (Phi) is 5.91. The number of thiophene rings is 1. The van der Waals surface area contributed by atoms with Gasteiger partial charge < -0.3 is 15.0 Å². The van der Waals surface area contributed by atoms with E-state index in [-0.39, 0.29) is 11.8 Å². The molecule has 142 valence electrons. The van der Waals surface area contributed by atoms with Crippen molar-refractivity contribution >= 4 is 34.8 Å². The van der Waals surface area contributed by atoms with Gasteiger partial charge in [-0.05, 0) is 55.3 Å². The SMILES string of the molecule is COC(=O)c1ccc(C)c(NC(=O)[C@@H]2CCCCN2C(=O)c2cccs2)c1. The highest BCUT2D eigenvalue weighted by molar-refractivity contribution is 7.12. The van der Waals surface area contributed by atoms with Gasteiger partial charge in [-0.3, -0.25) is 9.59 Å². The van der Waals surface area contributed by atoms with Crippen molar-refractivity contribution in [2.75, 3.05) is 19.0 Å². The molecular weight excluding hydrogens is 364 g/mol. The van der Waals surface area contributed by atoms with Crippen LogP contribution in [-0.2, 0) is 9.53 Å². The Morgan fingerprint density at radius 3 is 2.74 bits per heavy atom. The quantitative estimate of drug-likeness (QED) is 0.817. The van der Waals surface area contributed by atoms with E-state index in [1.165, 1.54) is 18.4 Å². The van der Waals surface area contributed by atoms with Gasteiger partial charge in [-0.15, -0.1) is 11.3 Å². The first-order valence-corrected chi connectivity index (χ1v) is 9.73. The van der Waals surface area contributed by atoms with Gasteiger partial charge in [0.25, 0.3) is 5.91 Å². The molecule has 0 unspecified atom stereocenters. The number of amides is 2. The second-order valence-corrected chi connectivity index (χ2v) is 7.45. The van der Waals surface area contributed by atoms with Crippen molar-refractivity contribution < 1.29 is 19.1 Å². The number of esters is 1. The van der Waals surface area contributed by atoms with Gasteiger partial charge in [0.15, 0.2) is 0 Å². The third-order valence-electron chi connectivity index (χ3n) is 4.71. The predicted molar refractivity (Wildman–Crippen MR) is 104 cm³/mol. The van der Waals surface area contributed by atoms with Gasteiger partial charge in [0.05, 0.1) is 17.6 Å². The van der Waals surface area contributed by atoms with Gasteiger partial charge in [-0.2, -0.15) is 0 Å². The van der Waals surface area contributed by atoms with Crippen LogP contribution < -0.4 is 5.32 Å². The Labute approximate surface area is 162 Å². The van der Waals surface area contributed by atoms with Crippen molar-refractivity contribution in [3.05, 3.63) is 51.7 Å². The number of anilines is 1. The lowest BCUT2D eigenvalue weighted by Crippen LogP contribution is -2.49. The summed E-state index contributed by atoms with van der Waals surface area (Å²) in [6.07, 6.45) is 2.41. The van der Waals surface area contributed by atoms with Crippen LogP contribution in [-0.4, -0.2) is 42.4 Å². The summed E-state index contributed by atoms with van der Waals surface area (Å²) in [5, 5.41) is 4.75. The van der Waals surface area contributed by atoms with E-state index < -0.39 is 12.0 Å². The molecule has 27 heavy (non-hydrogen) atoms. The van der Waals surface area contributed by atoms with Gasteiger partial charge >= 0.3 is 5.97 Å². The number of aryl methyl sites for hydroxylation is 1. The number of hydrogen-bond donors (Lipinski definition) is 1. The number of methoxy groups -OCH3 is 1. The Balaban J connectivity index is 1.79. The van der Waals surface area contributed by atoms with E-state index in [1.54, 1.807) is 29.2 Å². The van der Waals surface area contributed by atoms with Crippen LogP contribution in [0.4, 0.5) is 5.69 Å². The fourth-order valence-electron chi connectivity index (χ4n) is 3.21. The summed E-state index contributed by atoms with van der Waals surface area (Å²) >= 11 is 1.38. The zero-order valence-electron chi connectivity index (χ0n) is 15.4. The maximum Gasteiger partial charge on any atom is 0.337 e. The fourth-order valence-corrected chi connectivity index (χ4v) is 3.89. The molecule has 0 spiro atoms. The molecule has 7 heteroatoms. The van der Waals surface area contributed by atoms with E-state index in [2.05, 4.69) is 5.32 Å². The molecule has 1 aliphatic heterocycles. The fraction of sp³-hybridized carbons (Fsp3) is 0.350. The first kappa shape index (κ1) is 19.1. The summed E-state index contributed by atoms with van der Waals surface area (Å²) in [4.78, 5) is 39.8. The number of ether oxygens (including phenoxy) is 1. The summed E-state index contributed by atoms with van der Waals surface area (Å²) in [5.41, 5.74) is 1.76. The molecule has 0 saturated carbocycles. The van der Waals surface area contributed by atoms with Crippen LogP contribution in [0, 0.1) is 6.92 Å². The van der Waals surface area contributed by atoms with Gasteiger partial charge in [0.1, 0.15) is 6.04 Å². The number of likely N-dealkylation sites (tertiary alicyclic amines) is 1. The third-order valence-corrected chi connectivity index (χ3v) is 5.57. The van der Waals surface area contributed by atoms with Crippen LogP contribution in [0.25, 0.3) is 0 Å². The molecule has 0 bridgehead atoms. The molecule has 1 aromatic heterocycles. The molecule has 2 amide bonds. The van der Waals surface area contributed by atoms with Gasteiger partial charge in [-0.1, -0.05) is 12.1 Å². The van der Waals surface area contributed by atoms with E-state index in [4.69, 9.17) is 4.74 Å². The minimum Gasteiger partial charge on any atom is -0.465 e. The summed E-state index contributed by atoms with van der Waals surface area (Å²) in [6, 6.07) is 8.11. The minimum absolute atomic E-state index is 0.107. The lowest BCUT2D eigenvalue weighted by atomic mass is 10.0. The molecule has 1 aliphatic rings. The molecule has 1 fully saturated rings. The number of hydrogen-bond acceptors (Lipinski definition) is 5. The Bertz CT molecular complexity index is 848. The number of nitrogens with one attached hydrogen (secondary N) is 1. The minimum atomic E-state index is -0.519. The number of piperidine rings is 1. The highest BCUT2D eigenvalue weighted by atomic mass is 32.1. The number of nitrogens with zero attached hydrogens (tertiary/aromatic N) is 1. The van der Waals surface area contributed by atoms with E-state index in [1.807, 2.05) is 18.4 Å². The van der Waals surface area contributed by atoms with Crippen LogP contribution in [0.1, 0.15) is 44.9 Å². The van der Waals surface area contributed by atoms with E-state index in [9.17, 15) is 14.4 Å². The summed E-state index contributed by atoms with van der Waals surface area (Å²) in [5.74, 6) is -0.799. The van der Waals surface area contributed by atoms with Crippen molar-refractivity contribution in [1.29, 1.82) is 0 Å². The largest absolute Gasteiger partial charge is 0.465 e. The lowest BCUT2D eigenvalue weighted by Gasteiger charge is -2.34. The average Bonchev–Trinajstić information content (AvgIpc) is 3.23. The van der Waals surface area contributed by atoms with Crippen molar-refractivity contribution in [1.82, 2.24) is 4.90 Å². The van der Waals surface area contributed by atoms with Gasteiger partial charge in [0.2, 0.25) is 5.91 Å². The molecule has 0 radical (unpaired) electrons. The molecule has 1 saturated heterocycles. The molecule has 0 aliphatic carbocycles. The second-order valence-electron chi connectivity index (χ2n) is 6.50. The van der Waals surface area contributed by atoms with Crippen LogP contribution in [0.2, 0.25) is 0 Å². The summed E-state index contributed by atoms with van der Waals surface area (Å²) < 4.78 is 4.74. The Morgan fingerprint density at radius 1 is 1.22 bits per heavy atom. The summed E-state index contributed by atoms with van der Waals surface area (Å²) in [6.45, 7) is 2.42. The molecule has 2 heterocycles. The maximum absolute atomic E-state index is 12.9. The smallest absolute Gasteiger partial charge is 0.337 e. The summed E-state index contributed by atoms with van der Waals surface area (Å²) in [7, 11) is 1.32.